The molecule has 0 saturated carbocycles. The molecule has 5 rings (SSSR count). The molecule has 2 aromatic heterocycles. The van der Waals surface area contributed by atoms with Gasteiger partial charge in [0.2, 0.25) is 0 Å². The van der Waals surface area contributed by atoms with E-state index in [1.165, 1.54) is 17.5 Å². The summed E-state index contributed by atoms with van der Waals surface area (Å²) in [6, 6.07) is 10.3. The number of nitrogens with zero attached hydrogens (tertiary/aromatic N) is 4. The van der Waals surface area contributed by atoms with Crippen LogP contribution in [-0.2, 0) is 25.8 Å². The highest BCUT2D eigenvalue weighted by Crippen LogP contribution is 2.26. The van der Waals surface area contributed by atoms with Crippen molar-refractivity contribution >= 4 is 22.9 Å². The molecule has 3 aromatic rings. The number of benzene rings is 1. The van der Waals surface area contributed by atoms with Gasteiger partial charge in [0.25, 0.3) is 0 Å². The van der Waals surface area contributed by atoms with Crippen molar-refractivity contribution in [1.82, 2.24) is 19.4 Å². The van der Waals surface area contributed by atoms with Gasteiger partial charge in [0.05, 0.1) is 0 Å². The number of aryl methyl sites for hydroxylation is 3. The first-order chi connectivity index (χ1) is 14.2. The number of nitrogens with one attached hydrogen (secondary N) is 1. The zero-order valence-electron chi connectivity index (χ0n) is 16.9. The molecular formula is C23H27N5O. The smallest absolute Gasteiger partial charge is 0.321 e. The molecule has 1 N–H and O–H groups in total. The van der Waals surface area contributed by atoms with Crippen LogP contribution in [0.25, 0.3) is 11.2 Å². The number of imidazole rings is 1. The van der Waals surface area contributed by atoms with Crippen LogP contribution in [0.3, 0.4) is 0 Å². The van der Waals surface area contributed by atoms with Crippen molar-refractivity contribution < 1.29 is 4.79 Å². The lowest BCUT2D eigenvalue weighted by atomic mass is 10.0. The zero-order chi connectivity index (χ0) is 19.8. The number of anilines is 1. The zero-order valence-corrected chi connectivity index (χ0v) is 16.9. The first-order valence-electron chi connectivity index (χ1n) is 10.7. The number of urea groups is 1. The largest absolute Gasteiger partial charge is 0.324 e. The van der Waals surface area contributed by atoms with Crippen molar-refractivity contribution in [2.24, 2.45) is 5.92 Å². The number of fused-ring (bicyclic) bond motifs is 2. The van der Waals surface area contributed by atoms with Crippen molar-refractivity contribution in [2.75, 3.05) is 18.4 Å². The minimum Gasteiger partial charge on any atom is -0.324 e. The lowest BCUT2D eigenvalue weighted by Gasteiger charge is -2.18. The fourth-order valence-electron chi connectivity index (χ4n) is 4.79. The highest BCUT2D eigenvalue weighted by atomic mass is 16.2. The van der Waals surface area contributed by atoms with Crippen molar-refractivity contribution in [3.05, 3.63) is 53.5 Å². The highest BCUT2D eigenvalue weighted by molar-refractivity contribution is 5.89. The van der Waals surface area contributed by atoms with Crippen LogP contribution in [0, 0.1) is 5.92 Å². The molecule has 0 bridgehead atoms. The van der Waals surface area contributed by atoms with Gasteiger partial charge < -0.3 is 14.8 Å². The molecular weight excluding hydrogens is 362 g/mol. The van der Waals surface area contributed by atoms with E-state index in [2.05, 4.69) is 33.9 Å². The Hall–Kier alpha value is -2.89. The molecule has 0 spiro atoms. The Labute approximate surface area is 171 Å². The summed E-state index contributed by atoms with van der Waals surface area (Å²) >= 11 is 0. The summed E-state index contributed by atoms with van der Waals surface area (Å²) in [5, 5.41) is 3.10. The molecule has 6 nitrogen and oxygen atoms in total. The van der Waals surface area contributed by atoms with Gasteiger partial charge in [-0.05, 0) is 73.9 Å². The summed E-state index contributed by atoms with van der Waals surface area (Å²) in [6.07, 6.45) is 7.22. The molecule has 2 aliphatic rings. The number of hydrogen-bond acceptors (Lipinski definition) is 3. The van der Waals surface area contributed by atoms with E-state index in [1.54, 1.807) is 0 Å². The van der Waals surface area contributed by atoms with Gasteiger partial charge in [-0.2, -0.15) is 0 Å². The number of pyridine rings is 1. The van der Waals surface area contributed by atoms with Crippen molar-refractivity contribution in [3.63, 3.8) is 0 Å². The predicted molar refractivity (Wildman–Crippen MR) is 114 cm³/mol. The molecule has 1 saturated heterocycles. The summed E-state index contributed by atoms with van der Waals surface area (Å²) in [6.45, 7) is 4.56. The van der Waals surface area contributed by atoms with Gasteiger partial charge in [-0.3, -0.25) is 0 Å². The fraction of sp³-hybridized carbons (Fsp3) is 0.435. The molecule has 150 valence electrons. The van der Waals surface area contributed by atoms with Crippen LogP contribution in [0.2, 0.25) is 0 Å². The topological polar surface area (TPSA) is 63.1 Å². The van der Waals surface area contributed by atoms with E-state index in [4.69, 9.17) is 4.98 Å². The second kappa shape index (κ2) is 7.50. The van der Waals surface area contributed by atoms with E-state index < -0.39 is 0 Å². The number of aromatic nitrogens is 3. The molecule has 1 unspecified atom stereocenters. The van der Waals surface area contributed by atoms with Crippen molar-refractivity contribution in [3.8, 4) is 0 Å². The Morgan fingerprint density at radius 2 is 2.14 bits per heavy atom. The molecule has 6 heteroatoms. The fourth-order valence-corrected chi connectivity index (χ4v) is 4.79. The van der Waals surface area contributed by atoms with Crippen LogP contribution in [-0.4, -0.2) is 38.6 Å². The van der Waals surface area contributed by atoms with Crippen LogP contribution in [0.1, 0.15) is 36.7 Å². The lowest BCUT2D eigenvalue weighted by molar-refractivity contribution is 0.220. The number of hydrogen-bond donors (Lipinski definition) is 1. The van der Waals surface area contributed by atoms with Crippen molar-refractivity contribution in [1.29, 1.82) is 0 Å². The molecule has 2 amide bonds. The first-order valence-corrected chi connectivity index (χ1v) is 10.7. The van der Waals surface area contributed by atoms with Crippen LogP contribution < -0.4 is 5.32 Å². The third kappa shape index (κ3) is 3.48. The first kappa shape index (κ1) is 18.2. The number of carbonyl (C=O) groups excluding carboxylic acids is 1. The van der Waals surface area contributed by atoms with E-state index in [0.717, 1.165) is 68.0 Å². The van der Waals surface area contributed by atoms with Gasteiger partial charge in [-0.1, -0.05) is 6.07 Å². The van der Waals surface area contributed by atoms with Crippen LogP contribution in [0.15, 0.2) is 36.5 Å². The monoisotopic (exact) mass is 389 g/mol. The molecule has 3 heterocycles. The molecule has 1 atom stereocenters. The van der Waals surface area contributed by atoms with Gasteiger partial charge in [0.15, 0.2) is 5.65 Å². The number of likely N-dealkylation sites (tertiary alicyclic amines) is 1. The van der Waals surface area contributed by atoms with E-state index in [9.17, 15) is 4.79 Å². The lowest BCUT2D eigenvalue weighted by Crippen LogP contribution is -2.33. The van der Waals surface area contributed by atoms with E-state index >= 15 is 0 Å². The number of carbonyl (C=O) groups is 1. The van der Waals surface area contributed by atoms with Crippen LogP contribution >= 0.6 is 0 Å². The Kier molecular flexibility index (Phi) is 4.70. The standard InChI is InChI=1S/C23H27N5O/c1-2-28-21(26-20-7-4-11-24-22(20)28)13-16-10-12-27(15-16)23(29)25-19-9-8-17-5-3-6-18(17)14-19/h4,7-9,11,14,16H,2-3,5-6,10,12-13,15H2,1H3,(H,25,29). The summed E-state index contributed by atoms with van der Waals surface area (Å²) in [4.78, 5) is 24.0. The maximum atomic E-state index is 12.8. The summed E-state index contributed by atoms with van der Waals surface area (Å²) in [7, 11) is 0. The van der Waals surface area contributed by atoms with Gasteiger partial charge in [-0.15, -0.1) is 0 Å². The Morgan fingerprint density at radius 3 is 3.03 bits per heavy atom. The summed E-state index contributed by atoms with van der Waals surface area (Å²) in [5.41, 5.74) is 5.63. The molecule has 1 aliphatic heterocycles. The van der Waals surface area contributed by atoms with Crippen LogP contribution in [0.4, 0.5) is 10.5 Å². The van der Waals surface area contributed by atoms with E-state index in [1.807, 2.05) is 29.3 Å². The second-order valence-electron chi connectivity index (χ2n) is 8.19. The average molecular weight is 390 g/mol. The number of amides is 2. The molecule has 0 radical (unpaired) electrons. The van der Waals surface area contributed by atoms with Gasteiger partial charge >= 0.3 is 6.03 Å². The van der Waals surface area contributed by atoms with Gasteiger partial charge in [-0.25, -0.2) is 14.8 Å². The summed E-state index contributed by atoms with van der Waals surface area (Å²) in [5.74, 6) is 1.51. The Morgan fingerprint density at radius 1 is 1.24 bits per heavy atom. The molecule has 29 heavy (non-hydrogen) atoms. The highest BCUT2D eigenvalue weighted by Gasteiger charge is 2.28. The normalized spacial score (nSPS) is 18.4. The van der Waals surface area contributed by atoms with Crippen LogP contribution in [0.5, 0.6) is 0 Å². The van der Waals surface area contributed by atoms with Gasteiger partial charge in [0, 0.05) is 37.9 Å². The van der Waals surface area contributed by atoms with Gasteiger partial charge in [0.1, 0.15) is 11.3 Å². The minimum absolute atomic E-state index is 0.0103. The molecule has 1 aliphatic carbocycles. The minimum atomic E-state index is 0.0103. The van der Waals surface area contributed by atoms with E-state index in [-0.39, 0.29) is 6.03 Å². The number of rotatable bonds is 4. The molecule has 1 aromatic carbocycles. The molecule has 1 fully saturated rings. The third-order valence-electron chi connectivity index (χ3n) is 6.29. The third-order valence-corrected chi connectivity index (χ3v) is 6.29. The SMILES string of the molecule is CCn1c(CC2CCN(C(=O)Nc3ccc4c(c3)CCC4)C2)nc2cccnc21. The maximum absolute atomic E-state index is 12.8. The van der Waals surface area contributed by atoms with Crippen molar-refractivity contribution in [2.45, 2.75) is 45.6 Å². The van der Waals surface area contributed by atoms with E-state index in [0.29, 0.717) is 5.92 Å². The Bertz CT molecular complexity index is 1060. The second-order valence-corrected chi connectivity index (χ2v) is 8.19. The predicted octanol–water partition coefficient (Wildman–Crippen LogP) is 4.04. The summed E-state index contributed by atoms with van der Waals surface area (Å²) < 4.78 is 2.20. The Balaban J connectivity index is 1.24. The quantitative estimate of drug-likeness (QED) is 0.733. The average Bonchev–Trinajstić information content (AvgIpc) is 3.45. The maximum Gasteiger partial charge on any atom is 0.321 e.